The number of fused-ring (bicyclic) bond motifs is 4. The quantitative estimate of drug-likeness (QED) is 0.383. The van der Waals surface area contributed by atoms with E-state index < -0.39 is 0 Å². The number of carbonyl (C=O) groups is 2. The lowest BCUT2D eigenvalue weighted by Crippen LogP contribution is -2.38. The molecule has 0 atom stereocenters. The topological polar surface area (TPSA) is 108 Å². The molecule has 0 fully saturated rings. The minimum absolute atomic E-state index is 0.214. The number of aromatic amines is 1. The maximum atomic E-state index is 13.2. The van der Waals surface area contributed by atoms with Gasteiger partial charge >= 0.3 is 6.03 Å². The van der Waals surface area contributed by atoms with Crippen molar-refractivity contribution in [1.29, 1.82) is 0 Å². The molecule has 2 heterocycles. The van der Waals surface area contributed by atoms with Crippen LogP contribution in [0.5, 0.6) is 5.75 Å². The molecular weight excluding hydrogens is 382 g/mol. The first kappa shape index (κ1) is 19.5. The number of urea groups is 1. The summed E-state index contributed by atoms with van der Waals surface area (Å²) < 4.78 is 5.39. The molecule has 4 aromatic rings. The minimum Gasteiger partial charge on any atom is -0.497 e. The fraction of sp³-hybridized carbons (Fsp3) is 0.227. The number of nitrogens with zero attached hydrogens (tertiary/aromatic N) is 1. The van der Waals surface area contributed by atoms with E-state index in [-0.39, 0.29) is 11.9 Å². The predicted molar refractivity (Wildman–Crippen MR) is 117 cm³/mol. The van der Waals surface area contributed by atoms with Crippen molar-refractivity contribution in [3.63, 3.8) is 0 Å². The zero-order chi connectivity index (χ0) is 21.3. The van der Waals surface area contributed by atoms with Gasteiger partial charge in [-0.25, -0.2) is 4.79 Å². The fourth-order valence-electron chi connectivity index (χ4n) is 3.82. The summed E-state index contributed by atoms with van der Waals surface area (Å²) in [6.07, 6.45) is 3.47. The molecule has 4 N–H and O–H groups in total. The Morgan fingerprint density at radius 1 is 1.10 bits per heavy atom. The van der Waals surface area contributed by atoms with Crippen LogP contribution in [0.3, 0.4) is 0 Å². The zero-order valence-electron chi connectivity index (χ0n) is 17.1. The largest absolute Gasteiger partial charge is 0.497 e. The van der Waals surface area contributed by atoms with Gasteiger partial charge in [-0.2, -0.15) is 0 Å². The van der Waals surface area contributed by atoms with Crippen molar-refractivity contribution in [3.8, 4) is 5.75 Å². The van der Waals surface area contributed by atoms with Crippen molar-refractivity contribution in [2.75, 3.05) is 27.2 Å². The lowest BCUT2D eigenvalue weighted by Gasteiger charge is -2.12. The van der Waals surface area contributed by atoms with Gasteiger partial charge in [0.15, 0.2) is 0 Å². The summed E-state index contributed by atoms with van der Waals surface area (Å²) in [6.45, 7) is 2.67. The van der Waals surface area contributed by atoms with Crippen LogP contribution in [0.1, 0.15) is 15.9 Å². The number of ether oxygens (including phenoxy) is 1. The van der Waals surface area contributed by atoms with Crippen molar-refractivity contribution >= 4 is 44.5 Å². The van der Waals surface area contributed by atoms with Crippen LogP contribution >= 0.6 is 0 Å². The van der Waals surface area contributed by atoms with Gasteiger partial charge in [0.25, 0.3) is 5.91 Å². The van der Waals surface area contributed by atoms with Gasteiger partial charge in [0, 0.05) is 54.2 Å². The molecule has 0 aliphatic heterocycles. The molecule has 8 heteroatoms. The lowest BCUT2D eigenvalue weighted by molar-refractivity contribution is 0.0957. The van der Waals surface area contributed by atoms with E-state index in [1.54, 1.807) is 26.6 Å². The summed E-state index contributed by atoms with van der Waals surface area (Å²) in [5.74, 6) is 0.536. The van der Waals surface area contributed by atoms with Gasteiger partial charge in [-0.15, -0.1) is 0 Å². The highest BCUT2D eigenvalue weighted by atomic mass is 16.5. The molecule has 4 rings (SSSR count). The van der Waals surface area contributed by atoms with E-state index in [0.29, 0.717) is 18.7 Å². The average Bonchev–Trinajstić information content (AvgIpc) is 3.15. The van der Waals surface area contributed by atoms with Crippen LogP contribution in [-0.4, -0.2) is 49.2 Å². The van der Waals surface area contributed by atoms with E-state index in [2.05, 4.69) is 25.9 Å². The number of H-pyrrole nitrogens is 1. The highest BCUT2D eigenvalue weighted by Crippen LogP contribution is 2.37. The summed E-state index contributed by atoms with van der Waals surface area (Å²) in [4.78, 5) is 32.2. The maximum Gasteiger partial charge on any atom is 0.314 e. The van der Waals surface area contributed by atoms with Crippen LogP contribution in [0.4, 0.5) is 4.79 Å². The standard InChI is InChI=1S/C22H23N5O3/c1-12-16-11-24-7-6-14(16)19(21(28)25-8-9-26-22(29)23-2)20-18(12)15-10-13(30-3)4-5-17(15)27-20/h4-7,10-11,27H,8-9H2,1-3H3,(H,25,28)(H2,23,26,29). The number of methoxy groups -OCH3 is 1. The van der Waals surface area contributed by atoms with Crippen LogP contribution in [-0.2, 0) is 0 Å². The number of benzene rings is 2. The van der Waals surface area contributed by atoms with Gasteiger partial charge in [0.05, 0.1) is 18.2 Å². The molecule has 0 saturated heterocycles. The number of aromatic nitrogens is 2. The smallest absolute Gasteiger partial charge is 0.314 e. The Labute approximate surface area is 173 Å². The highest BCUT2D eigenvalue weighted by Gasteiger charge is 2.21. The summed E-state index contributed by atoms with van der Waals surface area (Å²) in [5, 5.41) is 11.7. The first-order chi connectivity index (χ1) is 14.5. The van der Waals surface area contributed by atoms with Gasteiger partial charge in [-0.1, -0.05) is 0 Å². The zero-order valence-corrected chi connectivity index (χ0v) is 17.1. The third kappa shape index (κ3) is 3.26. The molecule has 0 unspecified atom stereocenters. The van der Waals surface area contributed by atoms with Gasteiger partial charge in [-0.3, -0.25) is 9.78 Å². The number of carbonyl (C=O) groups excluding carboxylic acids is 2. The van der Waals surface area contributed by atoms with Crippen molar-refractivity contribution in [2.45, 2.75) is 6.92 Å². The first-order valence-corrected chi connectivity index (χ1v) is 9.64. The van der Waals surface area contributed by atoms with Gasteiger partial charge in [0.1, 0.15) is 5.75 Å². The third-order valence-electron chi connectivity index (χ3n) is 5.28. The second-order valence-corrected chi connectivity index (χ2v) is 6.97. The molecule has 3 amide bonds. The van der Waals surface area contributed by atoms with Gasteiger partial charge in [0.2, 0.25) is 0 Å². The highest BCUT2D eigenvalue weighted by molar-refractivity contribution is 6.24. The Balaban J connectivity index is 1.85. The van der Waals surface area contributed by atoms with Crippen molar-refractivity contribution in [3.05, 3.63) is 47.8 Å². The second-order valence-electron chi connectivity index (χ2n) is 6.97. The van der Waals surface area contributed by atoms with E-state index in [0.717, 1.165) is 43.9 Å². The van der Waals surface area contributed by atoms with Gasteiger partial charge < -0.3 is 25.7 Å². The van der Waals surface area contributed by atoms with E-state index in [4.69, 9.17) is 4.74 Å². The molecule has 2 aromatic carbocycles. The molecule has 0 radical (unpaired) electrons. The van der Waals surface area contributed by atoms with Crippen molar-refractivity contribution in [1.82, 2.24) is 25.9 Å². The van der Waals surface area contributed by atoms with Crippen LogP contribution in [0.2, 0.25) is 0 Å². The molecule has 154 valence electrons. The molecule has 0 spiro atoms. The normalized spacial score (nSPS) is 11.0. The van der Waals surface area contributed by atoms with E-state index in [1.807, 2.05) is 31.2 Å². The maximum absolute atomic E-state index is 13.2. The lowest BCUT2D eigenvalue weighted by atomic mass is 9.95. The number of pyridine rings is 1. The van der Waals surface area contributed by atoms with Crippen LogP contribution in [0, 0.1) is 6.92 Å². The SMILES string of the molecule is CNC(=O)NCCNC(=O)c1c2ccncc2c(C)c2c1[nH]c1ccc(OC)cc12. The Bertz CT molecular complexity index is 1280. The van der Waals surface area contributed by atoms with Crippen LogP contribution in [0.25, 0.3) is 32.6 Å². The molecule has 2 aromatic heterocycles. The molecule has 0 bridgehead atoms. The molecule has 8 nitrogen and oxygen atoms in total. The molecule has 0 aliphatic rings. The number of rotatable bonds is 5. The van der Waals surface area contributed by atoms with E-state index in [1.165, 1.54) is 0 Å². The van der Waals surface area contributed by atoms with E-state index in [9.17, 15) is 9.59 Å². The molecule has 0 aliphatic carbocycles. The summed E-state index contributed by atoms with van der Waals surface area (Å²) in [5.41, 5.74) is 3.30. The molecule has 30 heavy (non-hydrogen) atoms. The van der Waals surface area contributed by atoms with Gasteiger partial charge in [-0.05, 0) is 42.1 Å². The fourth-order valence-corrected chi connectivity index (χ4v) is 3.82. The Kier molecular flexibility index (Phi) is 5.14. The third-order valence-corrected chi connectivity index (χ3v) is 5.28. The minimum atomic E-state index is -0.289. The Morgan fingerprint density at radius 3 is 2.67 bits per heavy atom. The van der Waals surface area contributed by atoms with Crippen molar-refractivity contribution < 1.29 is 14.3 Å². The summed E-state index contributed by atoms with van der Waals surface area (Å²) in [6, 6.07) is 7.37. The predicted octanol–water partition coefficient (Wildman–Crippen LogP) is 2.85. The first-order valence-electron chi connectivity index (χ1n) is 9.64. The average molecular weight is 405 g/mol. The summed E-state index contributed by atoms with van der Waals surface area (Å²) >= 11 is 0. The number of hydrogen-bond acceptors (Lipinski definition) is 4. The second kappa shape index (κ2) is 7.90. The Morgan fingerprint density at radius 2 is 1.90 bits per heavy atom. The number of aryl methyl sites for hydroxylation is 1. The molecule has 0 saturated carbocycles. The monoisotopic (exact) mass is 405 g/mol. The van der Waals surface area contributed by atoms with Crippen LogP contribution in [0.15, 0.2) is 36.7 Å². The van der Waals surface area contributed by atoms with Crippen LogP contribution < -0.4 is 20.7 Å². The number of nitrogens with one attached hydrogen (secondary N) is 4. The Hall–Kier alpha value is -3.81. The van der Waals surface area contributed by atoms with Crippen molar-refractivity contribution in [2.24, 2.45) is 0 Å². The number of hydrogen-bond donors (Lipinski definition) is 4. The summed E-state index contributed by atoms with van der Waals surface area (Å²) in [7, 11) is 3.18. The van der Waals surface area contributed by atoms with E-state index >= 15 is 0 Å². The molecular formula is C22H23N5O3. The number of amides is 3.